The van der Waals surface area contributed by atoms with Crippen LogP contribution in [0.2, 0.25) is 0 Å². The molecule has 3 atom stereocenters. The Morgan fingerprint density at radius 3 is 2.60 bits per heavy atom. The Morgan fingerprint density at radius 1 is 1.27 bits per heavy atom. The third-order valence-electron chi connectivity index (χ3n) is 4.28. The fourth-order valence-electron chi connectivity index (χ4n) is 3.16. The number of carbonyl (C=O) groups is 1. The maximum Gasteiger partial charge on any atom is 0.234 e. The zero-order valence-corrected chi connectivity index (χ0v) is 9.61. The minimum atomic E-state index is -0.177. The van der Waals surface area contributed by atoms with E-state index in [2.05, 4.69) is 4.90 Å². The minimum Gasteiger partial charge on any atom is -0.368 e. The number of likely N-dealkylation sites (tertiary alicyclic amines) is 1. The van der Waals surface area contributed by atoms with E-state index in [1.54, 1.807) is 0 Å². The summed E-state index contributed by atoms with van der Waals surface area (Å²) in [5.41, 5.74) is 5.35. The van der Waals surface area contributed by atoms with Gasteiger partial charge in [-0.05, 0) is 38.1 Å². The van der Waals surface area contributed by atoms with Crippen LogP contribution < -0.4 is 5.73 Å². The van der Waals surface area contributed by atoms with Crippen molar-refractivity contribution in [1.29, 1.82) is 0 Å². The van der Waals surface area contributed by atoms with Gasteiger partial charge in [0.05, 0.1) is 6.04 Å². The highest BCUT2D eigenvalue weighted by atomic mass is 16.1. The first-order valence-corrected chi connectivity index (χ1v) is 6.22. The van der Waals surface area contributed by atoms with E-state index < -0.39 is 0 Å². The molecule has 1 amide bonds. The standard InChI is InChI=1S/C12H22N2O/c1-9(12(13)15)14-7-6-10-4-2-3-5-11(10)8-14/h9-11H,2-8H2,1H3,(H2,13,15). The second-order valence-electron chi connectivity index (χ2n) is 5.17. The van der Waals surface area contributed by atoms with E-state index in [0.717, 1.165) is 24.9 Å². The fourth-order valence-corrected chi connectivity index (χ4v) is 3.16. The third kappa shape index (κ3) is 2.33. The van der Waals surface area contributed by atoms with Crippen molar-refractivity contribution < 1.29 is 4.79 Å². The Morgan fingerprint density at radius 2 is 1.93 bits per heavy atom. The summed E-state index contributed by atoms with van der Waals surface area (Å²) >= 11 is 0. The van der Waals surface area contributed by atoms with E-state index in [4.69, 9.17) is 5.73 Å². The molecule has 0 radical (unpaired) electrons. The molecular weight excluding hydrogens is 188 g/mol. The van der Waals surface area contributed by atoms with Crippen molar-refractivity contribution >= 4 is 5.91 Å². The first-order valence-electron chi connectivity index (χ1n) is 6.22. The van der Waals surface area contributed by atoms with Crippen LogP contribution >= 0.6 is 0 Å². The monoisotopic (exact) mass is 210 g/mol. The molecule has 3 heteroatoms. The van der Waals surface area contributed by atoms with Gasteiger partial charge in [0.2, 0.25) is 5.91 Å². The molecule has 0 aromatic heterocycles. The maximum atomic E-state index is 11.1. The van der Waals surface area contributed by atoms with Gasteiger partial charge in [-0.15, -0.1) is 0 Å². The normalized spacial score (nSPS) is 34.5. The number of hydrogen-bond donors (Lipinski definition) is 1. The zero-order chi connectivity index (χ0) is 10.8. The molecule has 0 aromatic carbocycles. The molecule has 0 spiro atoms. The van der Waals surface area contributed by atoms with Crippen LogP contribution in [0.3, 0.4) is 0 Å². The number of nitrogens with zero attached hydrogens (tertiary/aromatic N) is 1. The Hall–Kier alpha value is -0.570. The summed E-state index contributed by atoms with van der Waals surface area (Å²) in [6.07, 6.45) is 6.81. The van der Waals surface area contributed by atoms with E-state index in [1.807, 2.05) is 6.92 Å². The van der Waals surface area contributed by atoms with Crippen molar-refractivity contribution in [2.24, 2.45) is 17.6 Å². The van der Waals surface area contributed by atoms with Crippen molar-refractivity contribution in [3.8, 4) is 0 Å². The van der Waals surface area contributed by atoms with Gasteiger partial charge in [-0.1, -0.05) is 19.3 Å². The minimum absolute atomic E-state index is 0.0760. The summed E-state index contributed by atoms with van der Waals surface area (Å²) in [5.74, 6) is 1.58. The highest BCUT2D eigenvalue weighted by Crippen LogP contribution is 2.36. The second kappa shape index (κ2) is 4.52. The van der Waals surface area contributed by atoms with E-state index in [9.17, 15) is 4.79 Å². The summed E-state index contributed by atoms with van der Waals surface area (Å²) in [4.78, 5) is 13.4. The molecule has 3 nitrogen and oxygen atoms in total. The summed E-state index contributed by atoms with van der Waals surface area (Å²) in [7, 11) is 0. The molecule has 3 unspecified atom stereocenters. The van der Waals surface area contributed by atoms with Crippen LogP contribution in [0.15, 0.2) is 0 Å². The highest BCUT2D eigenvalue weighted by Gasteiger charge is 2.33. The molecule has 1 aliphatic heterocycles. The second-order valence-corrected chi connectivity index (χ2v) is 5.17. The van der Waals surface area contributed by atoms with Crippen LogP contribution in [-0.4, -0.2) is 29.9 Å². The quantitative estimate of drug-likeness (QED) is 0.748. The lowest BCUT2D eigenvalue weighted by Crippen LogP contribution is -2.50. The van der Waals surface area contributed by atoms with E-state index in [0.29, 0.717) is 0 Å². The van der Waals surface area contributed by atoms with E-state index >= 15 is 0 Å². The van der Waals surface area contributed by atoms with Crippen LogP contribution in [0.5, 0.6) is 0 Å². The lowest BCUT2D eigenvalue weighted by molar-refractivity contribution is -0.123. The van der Waals surface area contributed by atoms with Crippen molar-refractivity contribution in [1.82, 2.24) is 4.90 Å². The first kappa shape index (κ1) is 10.9. The number of hydrogen-bond acceptors (Lipinski definition) is 2. The molecule has 2 N–H and O–H groups in total. The molecule has 2 rings (SSSR count). The highest BCUT2D eigenvalue weighted by molar-refractivity contribution is 5.79. The largest absolute Gasteiger partial charge is 0.368 e. The molecule has 0 aromatic rings. The average molecular weight is 210 g/mol. The molecule has 15 heavy (non-hydrogen) atoms. The maximum absolute atomic E-state index is 11.1. The fraction of sp³-hybridized carbons (Fsp3) is 0.917. The van der Waals surface area contributed by atoms with Crippen LogP contribution in [0.1, 0.15) is 39.0 Å². The smallest absolute Gasteiger partial charge is 0.234 e. The van der Waals surface area contributed by atoms with Gasteiger partial charge in [-0.2, -0.15) is 0 Å². The average Bonchev–Trinajstić information content (AvgIpc) is 2.27. The number of rotatable bonds is 2. The van der Waals surface area contributed by atoms with Gasteiger partial charge in [-0.3, -0.25) is 9.69 Å². The Balaban J connectivity index is 1.93. The number of amides is 1. The van der Waals surface area contributed by atoms with Gasteiger partial charge in [0.1, 0.15) is 0 Å². The summed E-state index contributed by atoms with van der Waals surface area (Å²) in [6.45, 7) is 4.09. The Kier molecular flexibility index (Phi) is 3.29. The number of primary amides is 1. The van der Waals surface area contributed by atoms with Gasteiger partial charge in [0.15, 0.2) is 0 Å². The summed E-state index contributed by atoms with van der Waals surface area (Å²) < 4.78 is 0. The molecule has 2 aliphatic rings. The number of carbonyl (C=O) groups excluding carboxylic acids is 1. The number of piperidine rings is 1. The third-order valence-corrected chi connectivity index (χ3v) is 4.28. The van der Waals surface area contributed by atoms with Gasteiger partial charge in [0.25, 0.3) is 0 Å². The number of fused-ring (bicyclic) bond motifs is 1. The van der Waals surface area contributed by atoms with Crippen molar-refractivity contribution in [2.75, 3.05) is 13.1 Å². The Bertz CT molecular complexity index is 242. The topological polar surface area (TPSA) is 46.3 Å². The predicted molar refractivity (Wildman–Crippen MR) is 60.3 cm³/mol. The lowest BCUT2D eigenvalue weighted by atomic mass is 9.75. The van der Waals surface area contributed by atoms with Crippen LogP contribution in [0, 0.1) is 11.8 Å². The van der Waals surface area contributed by atoms with Crippen LogP contribution in [-0.2, 0) is 4.79 Å². The van der Waals surface area contributed by atoms with Gasteiger partial charge in [0, 0.05) is 6.54 Å². The summed E-state index contributed by atoms with van der Waals surface area (Å²) in [6, 6.07) is -0.0760. The molecule has 1 saturated carbocycles. The molecule has 86 valence electrons. The molecule has 1 aliphatic carbocycles. The molecule has 1 saturated heterocycles. The first-order chi connectivity index (χ1) is 7.18. The zero-order valence-electron chi connectivity index (χ0n) is 9.61. The van der Waals surface area contributed by atoms with Gasteiger partial charge < -0.3 is 5.73 Å². The van der Waals surface area contributed by atoms with Gasteiger partial charge in [-0.25, -0.2) is 0 Å². The predicted octanol–water partition coefficient (Wildman–Crippen LogP) is 1.37. The van der Waals surface area contributed by atoms with E-state index in [-0.39, 0.29) is 11.9 Å². The molecule has 1 heterocycles. The Labute approximate surface area is 92.0 Å². The summed E-state index contributed by atoms with van der Waals surface area (Å²) in [5, 5.41) is 0. The molecular formula is C12H22N2O. The van der Waals surface area contributed by atoms with Crippen LogP contribution in [0.25, 0.3) is 0 Å². The van der Waals surface area contributed by atoms with Gasteiger partial charge >= 0.3 is 0 Å². The molecule has 0 bridgehead atoms. The molecule has 2 fully saturated rings. The van der Waals surface area contributed by atoms with Crippen molar-refractivity contribution in [3.63, 3.8) is 0 Å². The lowest BCUT2D eigenvalue weighted by Gasteiger charge is -2.42. The SMILES string of the molecule is CC(C(N)=O)N1CCC2CCCCC2C1. The van der Waals surface area contributed by atoms with Crippen molar-refractivity contribution in [2.45, 2.75) is 45.1 Å². The van der Waals surface area contributed by atoms with Crippen LogP contribution in [0.4, 0.5) is 0 Å². The number of nitrogens with two attached hydrogens (primary N) is 1. The van der Waals surface area contributed by atoms with E-state index in [1.165, 1.54) is 32.1 Å². The van der Waals surface area contributed by atoms with Crippen molar-refractivity contribution in [3.05, 3.63) is 0 Å².